The van der Waals surface area contributed by atoms with Crippen molar-refractivity contribution in [2.24, 2.45) is 7.05 Å². The minimum absolute atomic E-state index is 0.0483. The highest BCUT2D eigenvalue weighted by Gasteiger charge is 2.27. The van der Waals surface area contributed by atoms with E-state index in [4.69, 9.17) is 4.74 Å². The Hall–Kier alpha value is -2.38. The molecule has 2 rings (SSSR count). The lowest BCUT2D eigenvalue weighted by Gasteiger charge is -2.23. The second-order valence-electron chi connectivity index (χ2n) is 5.74. The first-order chi connectivity index (χ1) is 10.9. The van der Waals surface area contributed by atoms with Crippen LogP contribution in [0.5, 0.6) is 0 Å². The van der Waals surface area contributed by atoms with E-state index >= 15 is 0 Å². The van der Waals surface area contributed by atoms with E-state index in [1.165, 1.54) is 24.7 Å². The van der Waals surface area contributed by atoms with Crippen LogP contribution in [0.25, 0.3) is 0 Å². The predicted octanol–water partition coefficient (Wildman–Crippen LogP) is 1.88. The molecule has 1 aliphatic heterocycles. The van der Waals surface area contributed by atoms with Gasteiger partial charge in [-0.15, -0.1) is 0 Å². The van der Waals surface area contributed by atoms with Crippen molar-refractivity contribution in [2.75, 3.05) is 13.1 Å². The van der Waals surface area contributed by atoms with Crippen LogP contribution in [0.4, 0.5) is 5.69 Å². The minimum atomic E-state index is -0.908. The molecule has 1 aliphatic rings. The Morgan fingerprint density at radius 2 is 1.87 bits per heavy atom. The first-order valence-electron chi connectivity index (χ1n) is 7.70. The third kappa shape index (κ3) is 4.08. The maximum Gasteiger partial charge on any atom is 0.355 e. The lowest BCUT2D eigenvalue weighted by atomic mass is 10.2. The van der Waals surface area contributed by atoms with Gasteiger partial charge in [0.2, 0.25) is 0 Å². The number of ether oxygens (including phenoxy) is 1. The predicted molar refractivity (Wildman–Crippen MR) is 82.0 cm³/mol. The van der Waals surface area contributed by atoms with E-state index in [1.54, 1.807) is 4.90 Å². The Balaban J connectivity index is 2.01. The molecule has 1 atom stereocenters. The fraction of sp³-hybridized carbons (Fsp3) is 0.600. The number of aromatic nitrogens is 1. The normalized spacial score (nSPS) is 16.5. The highest BCUT2D eigenvalue weighted by molar-refractivity contribution is 5.91. The number of carbonyl (C=O) groups excluding carboxylic acids is 2. The van der Waals surface area contributed by atoms with Crippen molar-refractivity contribution >= 4 is 17.6 Å². The van der Waals surface area contributed by atoms with Gasteiger partial charge in [0.15, 0.2) is 6.10 Å². The first kappa shape index (κ1) is 17.0. The van der Waals surface area contributed by atoms with Crippen molar-refractivity contribution in [3.8, 4) is 0 Å². The molecule has 0 aliphatic carbocycles. The lowest BCUT2D eigenvalue weighted by molar-refractivity contribution is -0.384. The van der Waals surface area contributed by atoms with Crippen molar-refractivity contribution < 1.29 is 19.2 Å². The monoisotopic (exact) mass is 323 g/mol. The molecule has 1 aromatic heterocycles. The van der Waals surface area contributed by atoms with Crippen LogP contribution in [-0.2, 0) is 16.6 Å². The number of likely N-dealkylation sites (tertiary alicyclic amines) is 1. The van der Waals surface area contributed by atoms with Gasteiger partial charge < -0.3 is 14.2 Å². The minimum Gasteiger partial charge on any atom is -0.448 e. The summed E-state index contributed by atoms with van der Waals surface area (Å²) in [6.45, 7) is 2.88. The van der Waals surface area contributed by atoms with Gasteiger partial charge in [-0.2, -0.15) is 0 Å². The highest BCUT2D eigenvalue weighted by Crippen LogP contribution is 2.17. The molecule has 8 heteroatoms. The molecule has 0 N–H and O–H groups in total. The van der Waals surface area contributed by atoms with Gasteiger partial charge in [-0.05, 0) is 19.8 Å². The van der Waals surface area contributed by atoms with Crippen LogP contribution in [0.2, 0.25) is 0 Å². The summed E-state index contributed by atoms with van der Waals surface area (Å²) in [7, 11) is 1.52. The lowest BCUT2D eigenvalue weighted by Crippen LogP contribution is -2.40. The molecule has 1 saturated heterocycles. The number of nitro groups is 1. The number of nitrogens with zero attached hydrogens (tertiary/aromatic N) is 3. The molecular formula is C15H21N3O5. The topological polar surface area (TPSA) is 94.7 Å². The smallest absolute Gasteiger partial charge is 0.355 e. The summed E-state index contributed by atoms with van der Waals surface area (Å²) in [6.07, 6.45) is 4.44. The van der Waals surface area contributed by atoms with Crippen LogP contribution in [0.3, 0.4) is 0 Å². The molecule has 0 aromatic carbocycles. The summed E-state index contributed by atoms with van der Waals surface area (Å²) in [5.74, 6) is -0.958. The Bertz CT molecular complexity index is 602. The first-order valence-corrected chi connectivity index (χ1v) is 7.70. The largest absolute Gasteiger partial charge is 0.448 e. The number of hydrogen-bond acceptors (Lipinski definition) is 5. The van der Waals surface area contributed by atoms with Crippen molar-refractivity contribution in [2.45, 2.75) is 38.7 Å². The molecule has 126 valence electrons. The molecule has 0 radical (unpaired) electrons. The summed E-state index contributed by atoms with van der Waals surface area (Å²) in [6, 6.07) is 1.14. The second kappa shape index (κ2) is 7.26. The Kier molecular flexibility index (Phi) is 5.36. The highest BCUT2D eigenvalue weighted by atomic mass is 16.6. The number of esters is 1. The van der Waals surface area contributed by atoms with E-state index < -0.39 is 17.0 Å². The maximum atomic E-state index is 12.3. The van der Waals surface area contributed by atoms with Gasteiger partial charge in [0.25, 0.3) is 11.6 Å². The van der Waals surface area contributed by atoms with Crippen molar-refractivity contribution in [3.63, 3.8) is 0 Å². The number of amides is 1. The fourth-order valence-electron chi connectivity index (χ4n) is 2.67. The molecule has 2 heterocycles. The van der Waals surface area contributed by atoms with Gasteiger partial charge in [0.1, 0.15) is 5.69 Å². The summed E-state index contributed by atoms with van der Waals surface area (Å²) < 4.78 is 6.52. The Morgan fingerprint density at radius 1 is 1.26 bits per heavy atom. The summed E-state index contributed by atoms with van der Waals surface area (Å²) >= 11 is 0. The van der Waals surface area contributed by atoms with Crippen molar-refractivity contribution in [1.82, 2.24) is 9.47 Å². The molecule has 0 spiro atoms. The zero-order valence-corrected chi connectivity index (χ0v) is 13.4. The van der Waals surface area contributed by atoms with E-state index in [2.05, 4.69) is 0 Å². The molecule has 23 heavy (non-hydrogen) atoms. The molecular weight excluding hydrogens is 302 g/mol. The van der Waals surface area contributed by atoms with Gasteiger partial charge in [0.05, 0.1) is 11.1 Å². The molecule has 1 unspecified atom stereocenters. The molecule has 8 nitrogen and oxygen atoms in total. The average Bonchev–Trinajstić information content (AvgIpc) is 2.73. The van der Waals surface area contributed by atoms with E-state index in [0.717, 1.165) is 31.7 Å². The van der Waals surface area contributed by atoms with Gasteiger partial charge in [-0.1, -0.05) is 12.8 Å². The molecule has 1 amide bonds. The molecule has 0 saturated carbocycles. The zero-order valence-electron chi connectivity index (χ0n) is 13.4. The van der Waals surface area contributed by atoms with Crippen LogP contribution in [-0.4, -0.2) is 45.5 Å². The number of rotatable bonds is 4. The fourth-order valence-corrected chi connectivity index (χ4v) is 2.67. The number of carbonyl (C=O) groups is 2. The zero-order chi connectivity index (χ0) is 17.0. The van der Waals surface area contributed by atoms with Crippen molar-refractivity contribution in [3.05, 3.63) is 28.1 Å². The Morgan fingerprint density at radius 3 is 2.39 bits per heavy atom. The van der Waals surface area contributed by atoms with Gasteiger partial charge in [-0.3, -0.25) is 14.9 Å². The quantitative estimate of drug-likeness (QED) is 0.479. The second-order valence-corrected chi connectivity index (χ2v) is 5.74. The van der Waals surface area contributed by atoms with Gasteiger partial charge in [-0.25, -0.2) is 4.79 Å². The van der Waals surface area contributed by atoms with E-state index in [9.17, 15) is 19.7 Å². The van der Waals surface area contributed by atoms with Crippen LogP contribution in [0, 0.1) is 10.1 Å². The van der Waals surface area contributed by atoms with Crippen LogP contribution in [0.15, 0.2) is 12.3 Å². The summed E-state index contributed by atoms with van der Waals surface area (Å²) in [4.78, 5) is 36.4. The third-order valence-electron chi connectivity index (χ3n) is 3.96. The van der Waals surface area contributed by atoms with Gasteiger partial charge in [0, 0.05) is 26.2 Å². The number of hydrogen-bond donors (Lipinski definition) is 0. The SMILES string of the molecule is CC(OC(=O)c1cc([N+](=O)[O-])cn1C)C(=O)N1CCCCCC1. The molecule has 0 bridgehead atoms. The van der Waals surface area contributed by atoms with E-state index in [1.807, 2.05) is 0 Å². The maximum absolute atomic E-state index is 12.3. The van der Waals surface area contributed by atoms with Gasteiger partial charge >= 0.3 is 5.97 Å². The van der Waals surface area contributed by atoms with E-state index in [0.29, 0.717) is 13.1 Å². The molecule has 1 fully saturated rings. The Labute approximate surface area is 134 Å². The molecule has 1 aromatic rings. The van der Waals surface area contributed by atoms with Crippen LogP contribution >= 0.6 is 0 Å². The summed E-state index contributed by atoms with van der Waals surface area (Å²) in [5.41, 5.74) is -0.141. The number of aryl methyl sites for hydroxylation is 1. The standard InChI is InChI=1S/C15H21N3O5/c1-11(14(19)17-7-5-3-4-6-8-17)23-15(20)13-9-12(18(21)22)10-16(13)2/h9-11H,3-8H2,1-2H3. The third-order valence-corrected chi connectivity index (χ3v) is 3.96. The van der Waals surface area contributed by atoms with Crippen LogP contribution in [0.1, 0.15) is 43.1 Å². The van der Waals surface area contributed by atoms with E-state index in [-0.39, 0.29) is 17.3 Å². The van der Waals surface area contributed by atoms with Crippen LogP contribution < -0.4 is 0 Å². The summed E-state index contributed by atoms with van der Waals surface area (Å²) in [5, 5.41) is 10.7. The average molecular weight is 323 g/mol. The van der Waals surface area contributed by atoms with Crippen molar-refractivity contribution in [1.29, 1.82) is 0 Å².